The van der Waals surface area contributed by atoms with Crippen molar-refractivity contribution in [1.82, 2.24) is 10.2 Å². The Kier molecular flexibility index (Phi) is 2.40. The predicted molar refractivity (Wildman–Crippen MR) is 62.3 cm³/mol. The van der Waals surface area contributed by atoms with E-state index in [1.165, 1.54) is 12.8 Å². The molecule has 1 N–H and O–H groups in total. The number of piperazine rings is 1. The minimum absolute atomic E-state index is 0.180. The van der Waals surface area contributed by atoms with E-state index < -0.39 is 0 Å². The molecule has 0 saturated carbocycles. The molecule has 3 heteroatoms. The van der Waals surface area contributed by atoms with Crippen molar-refractivity contribution in [2.45, 2.75) is 24.9 Å². The number of carbonyl (C=O) groups is 1. The smallest absolute Gasteiger partial charge is 0.253 e. The van der Waals surface area contributed by atoms with Gasteiger partial charge >= 0.3 is 0 Å². The maximum Gasteiger partial charge on any atom is 0.253 e. The zero-order chi connectivity index (χ0) is 11.0. The van der Waals surface area contributed by atoms with E-state index in [4.69, 9.17) is 0 Å². The monoisotopic (exact) mass is 216 g/mol. The number of benzene rings is 1. The van der Waals surface area contributed by atoms with Crippen LogP contribution in [0, 0.1) is 0 Å². The molecule has 2 saturated heterocycles. The third kappa shape index (κ3) is 1.71. The fourth-order valence-electron chi connectivity index (χ4n) is 2.73. The number of carbonyl (C=O) groups excluding carboxylic acids is 1. The number of rotatable bonds is 1. The van der Waals surface area contributed by atoms with Crippen molar-refractivity contribution < 1.29 is 4.79 Å². The number of nitrogens with zero attached hydrogens (tertiary/aromatic N) is 1. The highest BCUT2D eigenvalue weighted by Crippen LogP contribution is 2.21. The molecular weight excluding hydrogens is 200 g/mol. The molecule has 2 aliphatic rings. The Hall–Kier alpha value is -1.35. The van der Waals surface area contributed by atoms with E-state index in [0.717, 1.165) is 18.7 Å². The lowest BCUT2D eigenvalue weighted by atomic mass is 10.1. The molecule has 2 atom stereocenters. The van der Waals surface area contributed by atoms with Crippen LogP contribution in [0.3, 0.4) is 0 Å². The van der Waals surface area contributed by atoms with Crippen molar-refractivity contribution >= 4 is 5.91 Å². The van der Waals surface area contributed by atoms with Crippen molar-refractivity contribution in [2.75, 3.05) is 13.1 Å². The van der Waals surface area contributed by atoms with Crippen molar-refractivity contribution in [3.63, 3.8) is 0 Å². The zero-order valence-corrected chi connectivity index (χ0v) is 9.23. The molecule has 1 amide bonds. The fraction of sp³-hybridized carbons (Fsp3) is 0.462. The third-order valence-electron chi connectivity index (χ3n) is 3.52. The van der Waals surface area contributed by atoms with Crippen LogP contribution in [0.4, 0.5) is 0 Å². The van der Waals surface area contributed by atoms with Crippen LogP contribution in [0.15, 0.2) is 30.3 Å². The molecule has 3 nitrogen and oxygen atoms in total. The summed E-state index contributed by atoms with van der Waals surface area (Å²) >= 11 is 0. The minimum Gasteiger partial charge on any atom is -0.336 e. The number of hydrogen-bond acceptors (Lipinski definition) is 2. The van der Waals surface area contributed by atoms with E-state index in [1.807, 2.05) is 35.2 Å². The summed E-state index contributed by atoms with van der Waals surface area (Å²) in [7, 11) is 0. The van der Waals surface area contributed by atoms with Gasteiger partial charge in [0.15, 0.2) is 0 Å². The molecule has 2 fully saturated rings. The van der Waals surface area contributed by atoms with Gasteiger partial charge in [0.1, 0.15) is 0 Å². The highest BCUT2D eigenvalue weighted by molar-refractivity contribution is 5.94. The Morgan fingerprint density at radius 1 is 1.12 bits per heavy atom. The zero-order valence-electron chi connectivity index (χ0n) is 9.23. The summed E-state index contributed by atoms with van der Waals surface area (Å²) in [5.41, 5.74) is 0.809. The van der Waals surface area contributed by atoms with Crippen LogP contribution in [0.5, 0.6) is 0 Å². The van der Waals surface area contributed by atoms with Gasteiger partial charge in [0.05, 0.1) is 0 Å². The summed E-state index contributed by atoms with van der Waals surface area (Å²) in [6, 6.07) is 10.6. The number of likely N-dealkylation sites (tertiary alicyclic amines) is 1. The molecule has 0 radical (unpaired) electrons. The standard InChI is InChI=1S/C13H16N2O/c16-13(10-4-2-1-3-5-10)15-8-11-6-7-12(9-15)14-11/h1-5,11-12,14H,6-9H2/t11-,12+. The van der Waals surface area contributed by atoms with Crippen LogP contribution in [0.25, 0.3) is 0 Å². The Labute approximate surface area is 95.4 Å². The number of nitrogens with one attached hydrogen (secondary N) is 1. The molecule has 0 spiro atoms. The molecule has 2 aliphatic heterocycles. The molecule has 0 aromatic heterocycles. The summed E-state index contributed by atoms with van der Waals surface area (Å²) < 4.78 is 0. The second kappa shape index (κ2) is 3.91. The quantitative estimate of drug-likeness (QED) is 0.766. The second-order valence-corrected chi connectivity index (χ2v) is 4.71. The lowest BCUT2D eigenvalue weighted by Crippen LogP contribution is -2.53. The first-order valence-corrected chi connectivity index (χ1v) is 5.93. The first-order chi connectivity index (χ1) is 7.83. The Bertz CT molecular complexity index is 378. The minimum atomic E-state index is 0.180. The number of amides is 1. The number of fused-ring (bicyclic) bond motifs is 2. The Morgan fingerprint density at radius 3 is 2.38 bits per heavy atom. The van der Waals surface area contributed by atoms with Gasteiger partial charge in [-0.15, -0.1) is 0 Å². The molecular formula is C13H16N2O. The van der Waals surface area contributed by atoms with Crippen LogP contribution in [-0.2, 0) is 0 Å². The third-order valence-corrected chi connectivity index (χ3v) is 3.52. The SMILES string of the molecule is O=C(c1ccccc1)N1C[C@H]2CC[C@@H](C1)N2. The first kappa shape index (κ1) is 9.85. The van der Waals surface area contributed by atoms with Gasteiger partial charge in [0, 0.05) is 30.7 Å². The summed E-state index contributed by atoms with van der Waals surface area (Å²) in [6.45, 7) is 1.73. The van der Waals surface area contributed by atoms with Crippen LogP contribution in [0.2, 0.25) is 0 Å². The second-order valence-electron chi connectivity index (χ2n) is 4.71. The maximum absolute atomic E-state index is 12.2. The molecule has 1 aromatic rings. The van der Waals surface area contributed by atoms with Crippen molar-refractivity contribution in [3.8, 4) is 0 Å². The Morgan fingerprint density at radius 2 is 1.75 bits per heavy atom. The molecule has 2 bridgehead atoms. The van der Waals surface area contributed by atoms with Gasteiger partial charge in [0.25, 0.3) is 5.91 Å². The first-order valence-electron chi connectivity index (χ1n) is 5.93. The molecule has 16 heavy (non-hydrogen) atoms. The maximum atomic E-state index is 12.2. The summed E-state index contributed by atoms with van der Waals surface area (Å²) in [6.07, 6.45) is 2.42. The highest BCUT2D eigenvalue weighted by atomic mass is 16.2. The molecule has 3 rings (SSSR count). The van der Waals surface area contributed by atoms with Gasteiger partial charge in [-0.1, -0.05) is 18.2 Å². The lowest BCUT2D eigenvalue weighted by molar-refractivity contribution is 0.0697. The topological polar surface area (TPSA) is 32.3 Å². The fourth-order valence-corrected chi connectivity index (χ4v) is 2.73. The predicted octanol–water partition coefficient (Wildman–Crippen LogP) is 1.26. The van der Waals surface area contributed by atoms with E-state index in [2.05, 4.69) is 5.32 Å². The molecule has 2 heterocycles. The van der Waals surface area contributed by atoms with E-state index in [-0.39, 0.29) is 5.91 Å². The molecule has 0 aliphatic carbocycles. The van der Waals surface area contributed by atoms with E-state index in [9.17, 15) is 4.79 Å². The highest BCUT2D eigenvalue weighted by Gasteiger charge is 2.34. The Balaban J connectivity index is 1.76. The molecule has 1 aromatic carbocycles. The van der Waals surface area contributed by atoms with Gasteiger partial charge in [-0.3, -0.25) is 4.79 Å². The largest absolute Gasteiger partial charge is 0.336 e. The van der Waals surface area contributed by atoms with E-state index in [0.29, 0.717) is 12.1 Å². The van der Waals surface area contributed by atoms with Gasteiger partial charge in [0.2, 0.25) is 0 Å². The summed E-state index contributed by atoms with van der Waals surface area (Å²) in [4.78, 5) is 14.2. The normalized spacial score (nSPS) is 28.1. The van der Waals surface area contributed by atoms with Crippen molar-refractivity contribution in [3.05, 3.63) is 35.9 Å². The van der Waals surface area contributed by atoms with E-state index in [1.54, 1.807) is 0 Å². The van der Waals surface area contributed by atoms with Crippen LogP contribution in [0.1, 0.15) is 23.2 Å². The van der Waals surface area contributed by atoms with Crippen molar-refractivity contribution in [1.29, 1.82) is 0 Å². The van der Waals surface area contributed by atoms with Crippen LogP contribution in [-0.4, -0.2) is 36.0 Å². The average Bonchev–Trinajstić information content (AvgIpc) is 2.68. The summed E-state index contributed by atoms with van der Waals surface area (Å²) in [5.74, 6) is 0.180. The number of hydrogen-bond donors (Lipinski definition) is 1. The lowest BCUT2D eigenvalue weighted by Gasteiger charge is -2.32. The van der Waals surface area contributed by atoms with Crippen molar-refractivity contribution in [2.24, 2.45) is 0 Å². The van der Waals surface area contributed by atoms with Gasteiger partial charge in [-0.05, 0) is 25.0 Å². The average molecular weight is 216 g/mol. The van der Waals surface area contributed by atoms with Gasteiger partial charge in [-0.2, -0.15) is 0 Å². The van der Waals surface area contributed by atoms with Crippen LogP contribution < -0.4 is 5.32 Å². The summed E-state index contributed by atoms with van der Waals surface area (Å²) in [5, 5.41) is 3.53. The van der Waals surface area contributed by atoms with Gasteiger partial charge < -0.3 is 10.2 Å². The molecule has 0 unspecified atom stereocenters. The molecule has 84 valence electrons. The van der Waals surface area contributed by atoms with E-state index >= 15 is 0 Å². The van der Waals surface area contributed by atoms with Gasteiger partial charge in [-0.25, -0.2) is 0 Å². The van der Waals surface area contributed by atoms with Crippen LogP contribution >= 0.6 is 0 Å².